The van der Waals surface area contributed by atoms with Gasteiger partial charge < -0.3 is 20.3 Å². The number of nitrogens with zero attached hydrogens (tertiary/aromatic N) is 4. The molecule has 9 heteroatoms. The third kappa shape index (κ3) is 3.50. The van der Waals surface area contributed by atoms with E-state index in [0.29, 0.717) is 23.7 Å². The quantitative estimate of drug-likeness (QED) is 0.427. The Hall–Kier alpha value is -3.40. The third-order valence-corrected chi connectivity index (χ3v) is 5.62. The Morgan fingerprint density at radius 3 is 2.50 bits per heavy atom. The topological polar surface area (TPSA) is 105 Å². The largest absolute Gasteiger partial charge is 0.394 e. The fourth-order valence-corrected chi connectivity index (χ4v) is 3.84. The first-order chi connectivity index (χ1) is 15.6. The number of aliphatic hydroxyl groups excluding tert-OH is 2. The van der Waals surface area contributed by atoms with E-state index in [2.05, 4.69) is 20.3 Å². The summed E-state index contributed by atoms with van der Waals surface area (Å²) < 4.78 is 22.4. The van der Waals surface area contributed by atoms with Crippen LogP contribution in [0.5, 0.6) is 0 Å². The minimum atomic E-state index is -2.32. The number of hydrogen-bond donors (Lipinski definition) is 3. The summed E-state index contributed by atoms with van der Waals surface area (Å²) in [7, 11) is 0. The van der Waals surface area contributed by atoms with Gasteiger partial charge in [-0.1, -0.05) is 60.7 Å². The van der Waals surface area contributed by atoms with Gasteiger partial charge in [0.05, 0.1) is 12.9 Å². The maximum Gasteiger partial charge on any atom is 0.240 e. The number of rotatable bonds is 6. The molecule has 0 amide bonds. The summed E-state index contributed by atoms with van der Waals surface area (Å²) in [5.74, 6) is -1.47. The summed E-state index contributed by atoms with van der Waals surface area (Å²) in [4.78, 5) is 13.6. The summed E-state index contributed by atoms with van der Waals surface area (Å²) in [5, 5.41) is 23.1. The number of benzene rings is 2. The second kappa shape index (κ2) is 8.27. The van der Waals surface area contributed by atoms with E-state index in [-0.39, 0.29) is 5.65 Å². The molecule has 0 bridgehead atoms. The molecule has 0 unspecified atom stereocenters. The van der Waals surface area contributed by atoms with Crippen molar-refractivity contribution in [3.05, 3.63) is 72.6 Å². The lowest BCUT2D eigenvalue weighted by Crippen LogP contribution is -2.43. The van der Waals surface area contributed by atoms with E-state index in [9.17, 15) is 10.2 Å². The Balaban J connectivity index is 1.61. The second-order valence-electron chi connectivity index (χ2n) is 7.68. The van der Waals surface area contributed by atoms with Crippen molar-refractivity contribution in [3.8, 4) is 11.4 Å². The molecule has 0 spiro atoms. The van der Waals surface area contributed by atoms with Crippen LogP contribution in [0.4, 0.5) is 10.2 Å². The SMILES string of the molecule is OC[C@H]1OC[C@](F)(n2cnc3c(NCc4ccccc4)nc(-c4ccccc4)nc32)[C@@H]1O. The van der Waals surface area contributed by atoms with Crippen LogP contribution in [0.2, 0.25) is 0 Å². The molecule has 3 heterocycles. The molecule has 3 N–H and O–H groups in total. The molecule has 5 rings (SSSR count). The van der Waals surface area contributed by atoms with Crippen LogP contribution in [-0.4, -0.2) is 55.2 Å². The molecule has 4 aromatic rings. The number of alkyl halides is 1. The van der Waals surface area contributed by atoms with Gasteiger partial charge in [-0.3, -0.25) is 4.57 Å². The van der Waals surface area contributed by atoms with Crippen LogP contribution < -0.4 is 5.32 Å². The van der Waals surface area contributed by atoms with Gasteiger partial charge in [-0.25, -0.2) is 19.3 Å². The van der Waals surface area contributed by atoms with Crippen LogP contribution in [-0.2, 0) is 17.1 Å². The van der Waals surface area contributed by atoms with Gasteiger partial charge >= 0.3 is 0 Å². The minimum Gasteiger partial charge on any atom is -0.394 e. The highest BCUT2D eigenvalue weighted by atomic mass is 19.1. The minimum absolute atomic E-state index is 0.221. The number of hydrogen-bond acceptors (Lipinski definition) is 7. The summed E-state index contributed by atoms with van der Waals surface area (Å²) in [5.41, 5.74) is 2.40. The number of imidazole rings is 1. The van der Waals surface area contributed by atoms with Crippen molar-refractivity contribution in [2.45, 2.75) is 24.5 Å². The smallest absolute Gasteiger partial charge is 0.240 e. The van der Waals surface area contributed by atoms with Crippen molar-refractivity contribution in [1.29, 1.82) is 0 Å². The molecule has 0 saturated carbocycles. The molecule has 164 valence electrons. The standard InChI is InChI=1S/C23H22FN5O3/c24-23(13-32-17(12-30)19(23)31)29-14-26-18-21(25-11-15-7-3-1-4-8-15)27-20(28-22(18)29)16-9-5-2-6-10-16/h1-10,14,17,19,30-31H,11-13H2,(H,25,27,28)/t17-,19-,23+/m1/s1. The maximum atomic E-state index is 15.9. The van der Waals surface area contributed by atoms with E-state index < -0.39 is 31.2 Å². The highest BCUT2D eigenvalue weighted by Crippen LogP contribution is 2.37. The molecule has 32 heavy (non-hydrogen) atoms. The second-order valence-corrected chi connectivity index (χ2v) is 7.68. The zero-order valence-corrected chi connectivity index (χ0v) is 17.1. The fraction of sp³-hybridized carbons (Fsp3) is 0.261. The Morgan fingerprint density at radius 1 is 1.09 bits per heavy atom. The maximum absolute atomic E-state index is 15.9. The van der Waals surface area contributed by atoms with Crippen LogP contribution >= 0.6 is 0 Å². The number of aliphatic hydroxyl groups is 2. The predicted octanol–water partition coefficient (Wildman–Crippen LogP) is 2.48. The molecule has 1 saturated heterocycles. The Labute approximate surface area is 183 Å². The predicted molar refractivity (Wildman–Crippen MR) is 116 cm³/mol. The highest BCUT2D eigenvalue weighted by molar-refractivity contribution is 5.85. The van der Waals surface area contributed by atoms with E-state index in [0.717, 1.165) is 11.1 Å². The molecular weight excluding hydrogens is 413 g/mol. The van der Waals surface area contributed by atoms with E-state index >= 15 is 4.39 Å². The fourth-order valence-electron chi connectivity index (χ4n) is 3.84. The normalized spacial score (nSPS) is 23.0. The number of fused-ring (bicyclic) bond motifs is 1. The Kier molecular flexibility index (Phi) is 5.30. The summed E-state index contributed by atoms with van der Waals surface area (Å²) >= 11 is 0. The lowest BCUT2D eigenvalue weighted by Gasteiger charge is -2.25. The van der Waals surface area contributed by atoms with Gasteiger partial charge in [0.25, 0.3) is 0 Å². The van der Waals surface area contributed by atoms with E-state index in [1.165, 1.54) is 10.9 Å². The van der Waals surface area contributed by atoms with Gasteiger partial charge in [-0.2, -0.15) is 0 Å². The van der Waals surface area contributed by atoms with Gasteiger partial charge in [-0.05, 0) is 5.56 Å². The van der Waals surface area contributed by atoms with Crippen LogP contribution in [0.1, 0.15) is 5.56 Å². The molecule has 1 aliphatic heterocycles. The van der Waals surface area contributed by atoms with E-state index in [1.807, 2.05) is 60.7 Å². The van der Waals surface area contributed by atoms with E-state index in [1.54, 1.807) is 0 Å². The number of halogens is 1. The Bertz CT molecular complexity index is 1220. The van der Waals surface area contributed by atoms with Gasteiger partial charge in [0.2, 0.25) is 5.79 Å². The molecule has 1 fully saturated rings. The van der Waals surface area contributed by atoms with Gasteiger partial charge in [0, 0.05) is 12.1 Å². The Morgan fingerprint density at radius 2 is 1.81 bits per heavy atom. The summed E-state index contributed by atoms with van der Waals surface area (Å²) in [6, 6.07) is 19.2. The molecule has 2 aromatic carbocycles. The highest BCUT2D eigenvalue weighted by Gasteiger charge is 2.52. The van der Waals surface area contributed by atoms with Crippen molar-refractivity contribution >= 4 is 17.0 Å². The zero-order valence-electron chi connectivity index (χ0n) is 17.1. The number of aromatic nitrogens is 4. The first-order valence-corrected chi connectivity index (χ1v) is 10.3. The molecule has 1 aliphatic rings. The van der Waals surface area contributed by atoms with Crippen LogP contribution in [0.15, 0.2) is 67.0 Å². The van der Waals surface area contributed by atoms with Crippen molar-refractivity contribution in [2.24, 2.45) is 0 Å². The van der Waals surface area contributed by atoms with Crippen LogP contribution in [0.25, 0.3) is 22.6 Å². The molecule has 0 aliphatic carbocycles. The molecule has 0 radical (unpaired) electrons. The number of anilines is 1. The van der Waals surface area contributed by atoms with Crippen molar-refractivity contribution < 1.29 is 19.3 Å². The van der Waals surface area contributed by atoms with E-state index in [4.69, 9.17) is 4.74 Å². The van der Waals surface area contributed by atoms with Crippen molar-refractivity contribution in [1.82, 2.24) is 19.5 Å². The first kappa shape index (κ1) is 20.5. The van der Waals surface area contributed by atoms with Gasteiger partial charge in [-0.15, -0.1) is 0 Å². The summed E-state index contributed by atoms with van der Waals surface area (Å²) in [6.45, 7) is -0.428. The van der Waals surface area contributed by atoms with Crippen molar-refractivity contribution in [2.75, 3.05) is 18.5 Å². The average molecular weight is 435 g/mol. The lowest BCUT2D eigenvalue weighted by molar-refractivity contribution is -0.0462. The zero-order chi connectivity index (χ0) is 22.1. The lowest BCUT2D eigenvalue weighted by atomic mass is 10.1. The number of nitrogens with one attached hydrogen (secondary N) is 1. The molecule has 8 nitrogen and oxygen atoms in total. The van der Waals surface area contributed by atoms with Gasteiger partial charge in [0.15, 0.2) is 22.8 Å². The summed E-state index contributed by atoms with van der Waals surface area (Å²) in [6.07, 6.45) is -1.31. The molecule has 3 atom stereocenters. The van der Waals surface area contributed by atoms with Crippen LogP contribution in [0, 0.1) is 0 Å². The average Bonchev–Trinajstić information content (AvgIpc) is 3.40. The van der Waals surface area contributed by atoms with Crippen LogP contribution in [0.3, 0.4) is 0 Å². The molecule has 2 aromatic heterocycles. The van der Waals surface area contributed by atoms with Gasteiger partial charge in [0.1, 0.15) is 18.8 Å². The first-order valence-electron chi connectivity index (χ1n) is 10.3. The third-order valence-electron chi connectivity index (χ3n) is 5.62. The monoisotopic (exact) mass is 435 g/mol. The molecular formula is C23H22FN5O3. The number of ether oxygens (including phenoxy) is 1. The van der Waals surface area contributed by atoms with Crippen molar-refractivity contribution in [3.63, 3.8) is 0 Å².